The van der Waals surface area contributed by atoms with Crippen LogP contribution >= 0.6 is 11.6 Å². The Labute approximate surface area is 181 Å². The predicted octanol–water partition coefficient (Wildman–Crippen LogP) is 5.14. The van der Waals surface area contributed by atoms with Gasteiger partial charge in [-0.2, -0.15) is 5.10 Å². The number of hydrogen-bond donors (Lipinski definition) is 0. The second-order valence-corrected chi connectivity index (χ2v) is 8.65. The monoisotopic (exact) mass is 426 g/mol. The van der Waals surface area contributed by atoms with Crippen LogP contribution < -0.4 is 0 Å². The fourth-order valence-electron chi connectivity index (χ4n) is 3.91. The highest BCUT2D eigenvalue weighted by Gasteiger charge is 2.33. The summed E-state index contributed by atoms with van der Waals surface area (Å²) >= 11 is 5.97. The minimum atomic E-state index is -0.150. The van der Waals surface area contributed by atoms with Crippen molar-refractivity contribution in [2.24, 2.45) is 7.05 Å². The zero-order chi connectivity index (χ0) is 21.3. The third-order valence-electron chi connectivity index (χ3n) is 5.62. The van der Waals surface area contributed by atoms with Crippen LogP contribution in [0.3, 0.4) is 0 Å². The molecule has 2 aromatic heterocycles. The molecule has 0 saturated carbocycles. The summed E-state index contributed by atoms with van der Waals surface area (Å²) in [5.74, 6) is 1.65. The zero-order valence-corrected chi connectivity index (χ0v) is 18.4. The molecular formula is C23H27ClN4O2. The summed E-state index contributed by atoms with van der Waals surface area (Å²) in [7, 11) is 1.83. The molecule has 4 rings (SSSR count). The van der Waals surface area contributed by atoms with E-state index < -0.39 is 0 Å². The summed E-state index contributed by atoms with van der Waals surface area (Å²) in [4.78, 5) is 19.8. The van der Waals surface area contributed by atoms with Gasteiger partial charge in [0.25, 0.3) is 5.91 Å². The maximum Gasteiger partial charge on any atom is 0.272 e. The van der Waals surface area contributed by atoms with Gasteiger partial charge in [-0.1, -0.05) is 37.6 Å². The van der Waals surface area contributed by atoms with E-state index in [4.69, 9.17) is 16.0 Å². The van der Waals surface area contributed by atoms with Gasteiger partial charge < -0.3 is 9.32 Å². The molecule has 3 aromatic rings. The molecule has 1 atom stereocenters. The van der Waals surface area contributed by atoms with Crippen molar-refractivity contribution in [1.29, 1.82) is 0 Å². The van der Waals surface area contributed by atoms with E-state index in [1.54, 1.807) is 10.9 Å². The molecule has 0 bridgehead atoms. The van der Waals surface area contributed by atoms with Crippen LogP contribution in [-0.4, -0.2) is 32.1 Å². The van der Waals surface area contributed by atoms with Crippen LogP contribution in [0.25, 0.3) is 0 Å². The van der Waals surface area contributed by atoms with Gasteiger partial charge in [-0.25, -0.2) is 4.98 Å². The number of carbonyl (C=O) groups excluding carboxylic acids is 1. The van der Waals surface area contributed by atoms with Crippen LogP contribution in [-0.2, 0) is 13.5 Å². The maximum absolute atomic E-state index is 13.4. The van der Waals surface area contributed by atoms with Gasteiger partial charge in [-0.3, -0.25) is 9.48 Å². The Balaban J connectivity index is 1.54. The number of benzene rings is 1. The van der Waals surface area contributed by atoms with E-state index >= 15 is 0 Å². The lowest BCUT2D eigenvalue weighted by molar-refractivity contribution is 0.0558. The van der Waals surface area contributed by atoms with Gasteiger partial charge in [0.2, 0.25) is 5.89 Å². The largest absolute Gasteiger partial charge is 0.443 e. The van der Waals surface area contributed by atoms with E-state index in [2.05, 4.69) is 23.9 Å². The quantitative estimate of drug-likeness (QED) is 0.566. The second-order valence-electron chi connectivity index (χ2n) is 8.21. The van der Waals surface area contributed by atoms with Crippen molar-refractivity contribution in [3.63, 3.8) is 0 Å². The topological polar surface area (TPSA) is 64.2 Å². The molecule has 0 unspecified atom stereocenters. The normalized spacial score (nSPS) is 17.0. The van der Waals surface area contributed by atoms with E-state index in [1.807, 2.05) is 42.3 Å². The number of aryl methyl sites for hydroxylation is 1. The molecule has 7 heteroatoms. The standard InChI is InChI=1S/C23H27ClN4O2/c1-15(2)19-13-21(27(3)26-19)23(29)28-11-5-4-6-20(28)22-25-14-18(30-22)12-16-7-9-17(24)10-8-16/h7-10,13-15,20H,4-6,11-12H2,1-3H3/t20-/m0/s1. The van der Waals surface area contributed by atoms with Gasteiger partial charge in [0.15, 0.2) is 0 Å². The van der Waals surface area contributed by atoms with Gasteiger partial charge in [0, 0.05) is 25.0 Å². The van der Waals surface area contributed by atoms with Crippen LogP contribution in [0.5, 0.6) is 0 Å². The Morgan fingerprint density at radius 1 is 1.27 bits per heavy atom. The second kappa shape index (κ2) is 8.64. The molecule has 3 heterocycles. The highest BCUT2D eigenvalue weighted by Crippen LogP contribution is 2.32. The molecule has 158 valence electrons. The summed E-state index contributed by atoms with van der Waals surface area (Å²) in [5.41, 5.74) is 2.64. The summed E-state index contributed by atoms with van der Waals surface area (Å²) in [6.45, 7) is 4.85. The van der Waals surface area contributed by atoms with Crippen LogP contribution in [0.1, 0.15) is 78.5 Å². The first-order valence-corrected chi connectivity index (χ1v) is 10.8. The van der Waals surface area contributed by atoms with Crippen molar-refractivity contribution in [2.75, 3.05) is 6.54 Å². The van der Waals surface area contributed by atoms with E-state index in [0.717, 1.165) is 36.3 Å². The fraction of sp³-hybridized carbons (Fsp3) is 0.435. The summed E-state index contributed by atoms with van der Waals surface area (Å²) < 4.78 is 7.77. The van der Waals surface area contributed by atoms with Crippen molar-refractivity contribution < 1.29 is 9.21 Å². The van der Waals surface area contributed by atoms with Crippen LogP contribution in [0.15, 0.2) is 40.9 Å². The van der Waals surface area contributed by atoms with Gasteiger partial charge >= 0.3 is 0 Å². The van der Waals surface area contributed by atoms with Crippen molar-refractivity contribution in [3.05, 3.63) is 70.2 Å². The van der Waals surface area contributed by atoms with Gasteiger partial charge in [0.05, 0.1) is 11.9 Å². The van der Waals surface area contributed by atoms with Crippen LogP contribution in [0.4, 0.5) is 0 Å². The average molecular weight is 427 g/mol. The predicted molar refractivity (Wildman–Crippen MR) is 116 cm³/mol. The smallest absolute Gasteiger partial charge is 0.272 e. The van der Waals surface area contributed by atoms with Crippen LogP contribution in [0.2, 0.25) is 5.02 Å². The molecule has 0 spiro atoms. The zero-order valence-electron chi connectivity index (χ0n) is 17.6. The Bertz CT molecular complexity index is 1020. The Hall–Kier alpha value is -2.60. The number of aromatic nitrogens is 3. The summed E-state index contributed by atoms with van der Waals surface area (Å²) in [5, 5.41) is 5.21. The molecule has 0 radical (unpaired) electrons. The Morgan fingerprint density at radius 3 is 2.73 bits per heavy atom. The molecule has 1 aromatic carbocycles. The summed E-state index contributed by atoms with van der Waals surface area (Å²) in [6, 6.07) is 9.46. The third-order valence-corrected chi connectivity index (χ3v) is 5.87. The molecule has 30 heavy (non-hydrogen) atoms. The number of likely N-dealkylation sites (tertiary alicyclic amines) is 1. The first-order valence-electron chi connectivity index (χ1n) is 10.5. The first kappa shape index (κ1) is 20.7. The number of piperidine rings is 1. The van der Waals surface area contributed by atoms with E-state index in [9.17, 15) is 4.79 Å². The molecular weight excluding hydrogens is 400 g/mol. The molecule has 1 amide bonds. The molecule has 1 saturated heterocycles. The molecule has 1 aliphatic heterocycles. The SMILES string of the molecule is CC(C)c1cc(C(=O)N2CCCC[C@H]2c2ncc(Cc3ccc(Cl)cc3)o2)n(C)n1. The minimum Gasteiger partial charge on any atom is -0.443 e. The number of amides is 1. The number of hydrogen-bond acceptors (Lipinski definition) is 4. The van der Waals surface area contributed by atoms with Gasteiger partial charge in [0.1, 0.15) is 17.5 Å². The van der Waals surface area contributed by atoms with Crippen molar-refractivity contribution in [2.45, 2.75) is 51.5 Å². The molecule has 1 aliphatic rings. The lowest BCUT2D eigenvalue weighted by Gasteiger charge is -2.33. The van der Waals surface area contributed by atoms with Gasteiger partial charge in [-0.15, -0.1) is 0 Å². The Morgan fingerprint density at radius 2 is 2.03 bits per heavy atom. The molecule has 0 aliphatic carbocycles. The lowest BCUT2D eigenvalue weighted by atomic mass is 10.0. The number of halogens is 1. The number of nitrogens with zero attached hydrogens (tertiary/aromatic N) is 4. The molecule has 6 nitrogen and oxygen atoms in total. The highest BCUT2D eigenvalue weighted by molar-refractivity contribution is 6.30. The van der Waals surface area contributed by atoms with Crippen molar-refractivity contribution >= 4 is 17.5 Å². The highest BCUT2D eigenvalue weighted by atomic mass is 35.5. The molecule has 0 N–H and O–H groups in total. The lowest BCUT2D eigenvalue weighted by Crippen LogP contribution is -2.39. The number of oxazole rings is 1. The number of rotatable bonds is 5. The van der Waals surface area contributed by atoms with E-state index in [0.29, 0.717) is 29.6 Å². The maximum atomic E-state index is 13.4. The third kappa shape index (κ3) is 4.29. The fourth-order valence-corrected chi connectivity index (χ4v) is 4.04. The van der Waals surface area contributed by atoms with Crippen molar-refractivity contribution in [1.82, 2.24) is 19.7 Å². The van der Waals surface area contributed by atoms with E-state index in [1.165, 1.54) is 0 Å². The molecule has 1 fully saturated rings. The van der Waals surface area contributed by atoms with Gasteiger partial charge in [-0.05, 0) is 48.9 Å². The van der Waals surface area contributed by atoms with Crippen LogP contribution in [0, 0.1) is 0 Å². The number of carbonyl (C=O) groups is 1. The minimum absolute atomic E-state index is 0.0148. The summed E-state index contributed by atoms with van der Waals surface area (Å²) in [6.07, 6.45) is 5.29. The average Bonchev–Trinajstić information content (AvgIpc) is 3.36. The Kier molecular flexibility index (Phi) is 5.95. The first-order chi connectivity index (χ1) is 14.4. The van der Waals surface area contributed by atoms with Crippen molar-refractivity contribution in [3.8, 4) is 0 Å². The van der Waals surface area contributed by atoms with E-state index in [-0.39, 0.29) is 17.9 Å².